The summed E-state index contributed by atoms with van der Waals surface area (Å²) in [5.74, 6) is 0. The van der Waals surface area contributed by atoms with Crippen molar-refractivity contribution in [1.82, 2.24) is 5.32 Å². The van der Waals surface area contributed by atoms with Gasteiger partial charge in [-0.1, -0.05) is 34.1 Å². The Balaban J connectivity index is 4.52. The van der Waals surface area contributed by atoms with Crippen LogP contribution in [0.5, 0.6) is 0 Å². The van der Waals surface area contributed by atoms with Crippen molar-refractivity contribution < 1.29 is 4.74 Å². The van der Waals surface area contributed by atoms with Gasteiger partial charge < -0.3 is 10.1 Å². The molecular weight excluding hydrogens is 174 g/mol. The van der Waals surface area contributed by atoms with Crippen molar-refractivity contribution in [3.8, 4) is 0 Å². The van der Waals surface area contributed by atoms with Gasteiger partial charge in [0.15, 0.2) is 0 Å². The molecule has 0 heterocycles. The van der Waals surface area contributed by atoms with Gasteiger partial charge in [-0.2, -0.15) is 0 Å². The Kier molecular flexibility index (Phi) is 7.20. The smallest absolute Gasteiger partial charge is 0.0825 e. The molecule has 1 N–H and O–H groups in total. The van der Waals surface area contributed by atoms with Gasteiger partial charge in [-0.25, -0.2) is 0 Å². The van der Waals surface area contributed by atoms with Crippen molar-refractivity contribution in [2.24, 2.45) is 0 Å². The third-order valence-corrected chi connectivity index (χ3v) is 3.27. The Morgan fingerprint density at radius 2 is 1.71 bits per heavy atom. The Hall–Kier alpha value is -0.0800. The van der Waals surface area contributed by atoms with Crippen LogP contribution in [0.3, 0.4) is 0 Å². The SMILES string of the molecule is CCCC(NCC)C(CC)(CC)OC. The van der Waals surface area contributed by atoms with Crippen molar-refractivity contribution in [1.29, 1.82) is 0 Å². The van der Waals surface area contributed by atoms with E-state index in [1.165, 1.54) is 12.8 Å². The lowest BCUT2D eigenvalue weighted by molar-refractivity contribution is -0.0491. The first-order valence-electron chi connectivity index (χ1n) is 5.99. The lowest BCUT2D eigenvalue weighted by Crippen LogP contribution is -2.51. The third-order valence-electron chi connectivity index (χ3n) is 3.27. The van der Waals surface area contributed by atoms with E-state index in [4.69, 9.17) is 4.74 Å². The molecule has 0 aromatic carbocycles. The molecule has 0 saturated carbocycles. The lowest BCUT2D eigenvalue weighted by atomic mass is 9.85. The van der Waals surface area contributed by atoms with E-state index >= 15 is 0 Å². The second-order valence-corrected chi connectivity index (χ2v) is 3.87. The predicted molar refractivity (Wildman–Crippen MR) is 62.7 cm³/mol. The number of ether oxygens (including phenoxy) is 1. The highest BCUT2D eigenvalue weighted by molar-refractivity contribution is 4.90. The molecule has 14 heavy (non-hydrogen) atoms. The average molecular weight is 201 g/mol. The lowest BCUT2D eigenvalue weighted by Gasteiger charge is -2.39. The summed E-state index contributed by atoms with van der Waals surface area (Å²) in [5.41, 5.74) is 0.0338. The molecule has 0 bridgehead atoms. The molecule has 0 aliphatic heterocycles. The first kappa shape index (κ1) is 13.9. The summed E-state index contributed by atoms with van der Waals surface area (Å²) in [6.07, 6.45) is 4.57. The number of methoxy groups -OCH3 is 1. The Labute approximate surface area is 89.4 Å². The predicted octanol–water partition coefficient (Wildman–Crippen LogP) is 2.97. The quantitative estimate of drug-likeness (QED) is 0.652. The fourth-order valence-corrected chi connectivity index (χ4v) is 2.26. The number of rotatable bonds is 8. The molecule has 1 unspecified atom stereocenters. The summed E-state index contributed by atoms with van der Waals surface area (Å²) in [6, 6.07) is 0.498. The minimum absolute atomic E-state index is 0.0338. The second-order valence-electron chi connectivity index (χ2n) is 3.87. The van der Waals surface area contributed by atoms with Crippen molar-refractivity contribution in [2.75, 3.05) is 13.7 Å². The second kappa shape index (κ2) is 7.24. The number of hydrogen-bond donors (Lipinski definition) is 1. The van der Waals surface area contributed by atoms with E-state index in [1.54, 1.807) is 0 Å². The molecule has 0 aromatic heterocycles. The topological polar surface area (TPSA) is 21.3 Å². The van der Waals surface area contributed by atoms with Gasteiger partial charge in [0.2, 0.25) is 0 Å². The summed E-state index contributed by atoms with van der Waals surface area (Å²) in [4.78, 5) is 0. The molecule has 1 atom stereocenters. The Morgan fingerprint density at radius 3 is 2.00 bits per heavy atom. The summed E-state index contributed by atoms with van der Waals surface area (Å²) in [7, 11) is 1.84. The highest BCUT2D eigenvalue weighted by Crippen LogP contribution is 2.26. The fourth-order valence-electron chi connectivity index (χ4n) is 2.26. The fraction of sp³-hybridized carbons (Fsp3) is 1.00. The molecule has 2 heteroatoms. The van der Waals surface area contributed by atoms with E-state index in [9.17, 15) is 0 Å². The monoisotopic (exact) mass is 201 g/mol. The maximum atomic E-state index is 5.74. The van der Waals surface area contributed by atoms with Crippen LogP contribution in [0.25, 0.3) is 0 Å². The standard InChI is InChI=1S/C12H27NO/c1-6-10-11(13-9-4)12(7-2,8-3)14-5/h11,13H,6-10H2,1-5H3. The zero-order valence-corrected chi connectivity index (χ0v) is 10.5. The van der Waals surface area contributed by atoms with Crippen molar-refractivity contribution in [3.63, 3.8) is 0 Å². The van der Waals surface area contributed by atoms with E-state index in [-0.39, 0.29) is 5.60 Å². The van der Waals surface area contributed by atoms with E-state index in [0.29, 0.717) is 6.04 Å². The zero-order valence-electron chi connectivity index (χ0n) is 10.5. The molecular formula is C12H27NO. The van der Waals surface area contributed by atoms with E-state index in [0.717, 1.165) is 19.4 Å². The largest absolute Gasteiger partial charge is 0.377 e. The molecule has 0 fully saturated rings. The molecule has 0 spiro atoms. The highest BCUT2D eigenvalue weighted by atomic mass is 16.5. The van der Waals surface area contributed by atoms with E-state index in [1.807, 2.05) is 7.11 Å². The Morgan fingerprint density at radius 1 is 1.14 bits per heavy atom. The summed E-state index contributed by atoms with van der Waals surface area (Å²) in [5, 5.41) is 3.55. The van der Waals surface area contributed by atoms with Crippen LogP contribution < -0.4 is 5.32 Å². The minimum atomic E-state index is 0.0338. The van der Waals surface area contributed by atoms with Gasteiger partial charge in [0.05, 0.1) is 5.60 Å². The maximum Gasteiger partial charge on any atom is 0.0825 e. The summed E-state index contributed by atoms with van der Waals surface area (Å²) >= 11 is 0. The van der Waals surface area contributed by atoms with Crippen molar-refractivity contribution in [2.45, 2.75) is 65.0 Å². The van der Waals surface area contributed by atoms with Gasteiger partial charge >= 0.3 is 0 Å². The van der Waals surface area contributed by atoms with Gasteiger partial charge in [0.25, 0.3) is 0 Å². The minimum Gasteiger partial charge on any atom is -0.377 e. The summed E-state index contributed by atoms with van der Waals surface area (Å²) in [6.45, 7) is 9.85. The number of nitrogens with one attached hydrogen (secondary N) is 1. The third kappa shape index (κ3) is 3.25. The van der Waals surface area contributed by atoms with Crippen LogP contribution in [0, 0.1) is 0 Å². The summed E-state index contributed by atoms with van der Waals surface area (Å²) < 4.78 is 5.74. The molecule has 0 aliphatic rings. The van der Waals surface area contributed by atoms with Gasteiger partial charge in [-0.15, -0.1) is 0 Å². The first-order chi connectivity index (χ1) is 6.70. The normalized spacial score (nSPS) is 14.4. The van der Waals surface area contributed by atoms with Gasteiger partial charge in [-0.3, -0.25) is 0 Å². The maximum absolute atomic E-state index is 5.74. The van der Waals surface area contributed by atoms with Gasteiger partial charge in [0, 0.05) is 13.2 Å². The molecule has 86 valence electrons. The Bertz CT molecular complexity index is 118. The van der Waals surface area contributed by atoms with Crippen LogP contribution in [0.15, 0.2) is 0 Å². The van der Waals surface area contributed by atoms with E-state index < -0.39 is 0 Å². The number of likely N-dealkylation sites (N-methyl/N-ethyl adjacent to an activating group) is 1. The zero-order chi connectivity index (χ0) is 11.0. The average Bonchev–Trinajstić information content (AvgIpc) is 2.22. The highest BCUT2D eigenvalue weighted by Gasteiger charge is 2.34. The first-order valence-corrected chi connectivity index (χ1v) is 5.99. The molecule has 0 aliphatic carbocycles. The number of hydrogen-bond acceptors (Lipinski definition) is 2. The van der Waals surface area contributed by atoms with E-state index in [2.05, 4.69) is 33.0 Å². The van der Waals surface area contributed by atoms with Gasteiger partial charge in [0.1, 0.15) is 0 Å². The molecule has 0 radical (unpaired) electrons. The molecule has 0 rings (SSSR count). The molecule has 0 saturated heterocycles. The molecule has 0 amide bonds. The van der Waals surface area contributed by atoms with Crippen LogP contribution in [0.1, 0.15) is 53.4 Å². The van der Waals surface area contributed by atoms with Crippen LogP contribution in [-0.2, 0) is 4.74 Å². The van der Waals surface area contributed by atoms with Crippen molar-refractivity contribution >= 4 is 0 Å². The van der Waals surface area contributed by atoms with Crippen LogP contribution in [0.2, 0.25) is 0 Å². The van der Waals surface area contributed by atoms with Crippen molar-refractivity contribution in [3.05, 3.63) is 0 Å². The van der Waals surface area contributed by atoms with Crippen LogP contribution >= 0.6 is 0 Å². The molecule has 0 aromatic rings. The van der Waals surface area contributed by atoms with Crippen LogP contribution in [-0.4, -0.2) is 25.3 Å². The van der Waals surface area contributed by atoms with Crippen LogP contribution in [0.4, 0.5) is 0 Å². The molecule has 2 nitrogen and oxygen atoms in total. The van der Waals surface area contributed by atoms with Gasteiger partial charge in [-0.05, 0) is 25.8 Å².